The van der Waals surface area contributed by atoms with E-state index in [4.69, 9.17) is 14.3 Å². The van der Waals surface area contributed by atoms with Gasteiger partial charge in [0.1, 0.15) is 11.8 Å². The molecule has 3 N–H and O–H groups in total. The Morgan fingerprint density at radius 2 is 1.34 bits per heavy atom. The van der Waals surface area contributed by atoms with Gasteiger partial charge < -0.3 is 24.9 Å². The maximum absolute atomic E-state index is 13.4. The topological polar surface area (TPSA) is 132 Å². The number of carbonyl (C=O) groups excluding carboxylic acids is 4. The van der Waals surface area contributed by atoms with Crippen LogP contribution in [0.5, 0.6) is 5.75 Å². The Balaban J connectivity index is 1.09. The Bertz CT molecular complexity index is 2130. The molecule has 0 saturated heterocycles. The quantitative estimate of drug-likeness (QED) is 0.113. The molecule has 1 atom stereocenters. The molecule has 0 heterocycles. The molecule has 0 fully saturated rings. The van der Waals surface area contributed by atoms with Gasteiger partial charge in [-0.25, -0.2) is 9.59 Å². The van der Waals surface area contributed by atoms with E-state index in [2.05, 4.69) is 41.0 Å². The highest BCUT2D eigenvalue weighted by atomic mass is 16.7. The van der Waals surface area contributed by atoms with Crippen LogP contribution in [-0.2, 0) is 32.0 Å². The van der Waals surface area contributed by atoms with Crippen LogP contribution in [0.15, 0.2) is 121 Å². The fraction of sp³-hybridized carbons (Fsp3) is 0.150. The number of hydrogen-bond acceptors (Lipinski definition) is 7. The van der Waals surface area contributed by atoms with Crippen LogP contribution in [0, 0.1) is 0 Å². The summed E-state index contributed by atoms with van der Waals surface area (Å²) in [7, 11) is 1.50. The number of hydroxylamine groups is 1. The molecule has 0 saturated carbocycles. The van der Waals surface area contributed by atoms with Crippen molar-refractivity contribution in [3.63, 3.8) is 0 Å². The van der Waals surface area contributed by atoms with Gasteiger partial charge >= 0.3 is 12.1 Å². The van der Waals surface area contributed by atoms with Crippen LogP contribution < -0.4 is 20.9 Å². The van der Waals surface area contributed by atoms with Crippen molar-refractivity contribution < 1.29 is 33.5 Å². The van der Waals surface area contributed by atoms with E-state index in [1.165, 1.54) is 19.2 Å². The zero-order valence-electron chi connectivity index (χ0n) is 27.3. The average Bonchev–Trinajstić information content (AvgIpc) is 3.15. The lowest BCUT2D eigenvalue weighted by atomic mass is 9.95. The van der Waals surface area contributed by atoms with Crippen LogP contribution in [0.1, 0.15) is 21.5 Å². The van der Waals surface area contributed by atoms with Crippen LogP contribution >= 0.6 is 0 Å². The third-order valence-electron chi connectivity index (χ3n) is 8.34. The predicted octanol–water partition coefficient (Wildman–Crippen LogP) is 6.04. The second kappa shape index (κ2) is 15.7. The monoisotopic (exact) mass is 669 g/mol. The molecule has 0 unspecified atom stereocenters. The minimum absolute atomic E-state index is 0.0795. The van der Waals surface area contributed by atoms with E-state index >= 15 is 0 Å². The number of carbonyl (C=O) groups is 4. The van der Waals surface area contributed by atoms with Gasteiger partial charge in [-0.1, -0.05) is 91.0 Å². The van der Waals surface area contributed by atoms with Gasteiger partial charge in [0.15, 0.2) is 0 Å². The highest BCUT2D eigenvalue weighted by Crippen LogP contribution is 2.29. The van der Waals surface area contributed by atoms with E-state index < -0.39 is 36.5 Å². The predicted molar refractivity (Wildman–Crippen MR) is 191 cm³/mol. The summed E-state index contributed by atoms with van der Waals surface area (Å²) < 4.78 is 10.7. The molecule has 10 heteroatoms. The number of benzene rings is 6. The number of alkyl carbamates (subject to hydrolysis) is 1. The van der Waals surface area contributed by atoms with Crippen LogP contribution in [0.25, 0.3) is 32.3 Å². The zero-order valence-corrected chi connectivity index (χ0v) is 27.3. The lowest BCUT2D eigenvalue weighted by molar-refractivity contribution is -0.132. The van der Waals surface area contributed by atoms with Crippen molar-refractivity contribution in [1.29, 1.82) is 0 Å². The standard InChI is InChI=1S/C40H35N3O7/c1-48-32-18-16-28(17-19-32)39(46)50-43-37(44)25-41-38(45)36(23-26-14-15-27-8-2-3-9-29(27)22-26)42-40(47)49-21-20-35-33-12-6-4-10-30(33)24-31-11-5-7-13-34(31)35/h2-19,22,24,36H,20-21,23,25H2,1H3,(H,41,45)(H,42,47)(H,43,44)/t36-/m0/s1. The molecule has 0 aliphatic carbocycles. The molecule has 252 valence electrons. The highest BCUT2D eigenvalue weighted by Gasteiger charge is 2.23. The van der Waals surface area contributed by atoms with Crippen LogP contribution in [0.3, 0.4) is 0 Å². The second-order valence-electron chi connectivity index (χ2n) is 11.6. The number of hydrogen-bond donors (Lipinski definition) is 3. The maximum Gasteiger partial charge on any atom is 0.407 e. The molecule has 0 radical (unpaired) electrons. The van der Waals surface area contributed by atoms with Crippen molar-refractivity contribution in [2.75, 3.05) is 20.3 Å². The summed E-state index contributed by atoms with van der Waals surface area (Å²) in [5, 5.41) is 11.6. The van der Waals surface area contributed by atoms with Gasteiger partial charge in [-0.15, -0.1) is 0 Å². The first kappa shape index (κ1) is 33.5. The van der Waals surface area contributed by atoms with E-state index in [-0.39, 0.29) is 18.6 Å². The van der Waals surface area contributed by atoms with Crippen molar-refractivity contribution in [2.24, 2.45) is 0 Å². The number of rotatable bonds is 11. The molecule has 6 aromatic carbocycles. The van der Waals surface area contributed by atoms with Crippen LogP contribution in [0.2, 0.25) is 0 Å². The summed E-state index contributed by atoms with van der Waals surface area (Å²) >= 11 is 0. The fourth-order valence-electron chi connectivity index (χ4n) is 5.83. The van der Waals surface area contributed by atoms with E-state index in [0.29, 0.717) is 12.2 Å². The molecule has 50 heavy (non-hydrogen) atoms. The first-order valence-electron chi connectivity index (χ1n) is 16.1. The summed E-state index contributed by atoms with van der Waals surface area (Å²) in [4.78, 5) is 56.1. The molecule has 0 aliphatic rings. The summed E-state index contributed by atoms with van der Waals surface area (Å²) in [6, 6.07) is 36.9. The van der Waals surface area contributed by atoms with Crippen molar-refractivity contribution >= 4 is 56.2 Å². The largest absolute Gasteiger partial charge is 0.497 e. The SMILES string of the molecule is COc1ccc(C(=O)ONC(=O)CNC(=O)[C@H](Cc2ccc3ccccc3c2)NC(=O)OCCc2c3ccccc3cc3ccccc23)cc1. The molecule has 10 nitrogen and oxygen atoms in total. The molecule has 0 aromatic heterocycles. The van der Waals surface area contributed by atoms with Crippen molar-refractivity contribution in [2.45, 2.75) is 18.9 Å². The minimum atomic E-state index is -1.07. The van der Waals surface area contributed by atoms with Crippen molar-refractivity contribution in [3.05, 3.63) is 138 Å². The first-order valence-corrected chi connectivity index (χ1v) is 16.1. The molecule has 0 spiro atoms. The first-order chi connectivity index (χ1) is 24.4. The zero-order chi connectivity index (χ0) is 34.9. The van der Waals surface area contributed by atoms with Crippen molar-refractivity contribution in [1.82, 2.24) is 16.1 Å². The van der Waals surface area contributed by atoms with E-state index in [0.717, 1.165) is 43.4 Å². The van der Waals surface area contributed by atoms with Crippen LogP contribution in [-0.4, -0.2) is 50.2 Å². The number of nitrogens with one attached hydrogen (secondary N) is 3. The van der Waals surface area contributed by atoms with Gasteiger partial charge in [0, 0.05) is 12.8 Å². The normalized spacial score (nSPS) is 11.5. The number of amides is 3. The van der Waals surface area contributed by atoms with Gasteiger partial charge in [-0.05, 0) is 73.8 Å². The van der Waals surface area contributed by atoms with Gasteiger partial charge in [-0.3, -0.25) is 9.59 Å². The van der Waals surface area contributed by atoms with Crippen LogP contribution in [0.4, 0.5) is 4.79 Å². The summed E-state index contributed by atoms with van der Waals surface area (Å²) in [5.74, 6) is -1.62. The fourth-order valence-corrected chi connectivity index (χ4v) is 5.83. The molecular weight excluding hydrogens is 634 g/mol. The number of ether oxygens (including phenoxy) is 2. The van der Waals surface area contributed by atoms with E-state index in [9.17, 15) is 19.2 Å². The molecule has 6 aromatic rings. The Morgan fingerprint density at radius 1 is 0.700 bits per heavy atom. The minimum Gasteiger partial charge on any atom is -0.497 e. The third-order valence-corrected chi connectivity index (χ3v) is 8.34. The number of fused-ring (bicyclic) bond motifs is 3. The average molecular weight is 670 g/mol. The van der Waals surface area contributed by atoms with Gasteiger partial charge in [0.2, 0.25) is 5.91 Å². The summed E-state index contributed by atoms with van der Waals surface area (Å²) in [5.41, 5.74) is 4.09. The second-order valence-corrected chi connectivity index (χ2v) is 11.6. The molecule has 0 bridgehead atoms. The smallest absolute Gasteiger partial charge is 0.407 e. The molecule has 6 rings (SSSR count). The third kappa shape index (κ3) is 8.16. The summed E-state index contributed by atoms with van der Waals surface area (Å²) in [6.07, 6.45) is -0.173. The lowest BCUT2D eigenvalue weighted by Crippen LogP contribution is -2.50. The lowest BCUT2D eigenvalue weighted by Gasteiger charge is -2.19. The maximum atomic E-state index is 13.4. The van der Waals surface area contributed by atoms with Gasteiger partial charge in [0.05, 0.1) is 25.8 Å². The number of methoxy groups -OCH3 is 1. The van der Waals surface area contributed by atoms with E-state index in [1.54, 1.807) is 12.1 Å². The Morgan fingerprint density at radius 3 is 2.02 bits per heavy atom. The Labute approximate surface area is 288 Å². The van der Waals surface area contributed by atoms with Gasteiger partial charge in [-0.2, -0.15) is 5.48 Å². The summed E-state index contributed by atoms with van der Waals surface area (Å²) in [6.45, 7) is -0.427. The molecule has 0 aliphatic heterocycles. The van der Waals surface area contributed by atoms with Gasteiger partial charge in [0.25, 0.3) is 5.91 Å². The molecule has 3 amide bonds. The Hall–Kier alpha value is -6.42. The van der Waals surface area contributed by atoms with E-state index in [1.807, 2.05) is 72.2 Å². The Kier molecular flexibility index (Phi) is 10.5. The highest BCUT2D eigenvalue weighted by molar-refractivity contribution is 6.02. The van der Waals surface area contributed by atoms with Crippen molar-refractivity contribution in [3.8, 4) is 5.75 Å². The molecular formula is C40H35N3O7.